The van der Waals surface area contributed by atoms with E-state index in [1.165, 1.54) is 0 Å². The Balaban J connectivity index is 1.43. The predicted molar refractivity (Wildman–Crippen MR) is 97.7 cm³/mol. The molecule has 4 rings (SSSR count). The van der Waals surface area contributed by atoms with Crippen molar-refractivity contribution in [2.75, 3.05) is 13.1 Å². The molecule has 1 aromatic carbocycles. The molecule has 0 unspecified atom stereocenters. The van der Waals surface area contributed by atoms with Crippen LogP contribution in [0.3, 0.4) is 0 Å². The number of hydrogen-bond acceptors (Lipinski definition) is 4. The number of benzene rings is 1. The molecule has 1 aliphatic heterocycles. The van der Waals surface area contributed by atoms with Gasteiger partial charge in [0.05, 0.1) is 6.54 Å². The highest BCUT2D eigenvalue weighted by molar-refractivity contribution is 5.92. The van der Waals surface area contributed by atoms with Gasteiger partial charge in [-0.2, -0.15) is 5.10 Å². The van der Waals surface area contributed by atoms with Crippen molar-refractivity contribution in [3.63, 3.8) is 0 Å². The average molecular weight is 350 g/mol. The van der Waals surface area contributed by atoms with Crippen LogP contribution in [-0.4, -0.2) is 38.3 Å². The van der Waals surface area contributed by atoms with Gasteiger partial charge in [0.1, 0.15) is 11.5 Å². The zero-order valence-electron chi connectivity index (χ0n) is 14.6. The van der Waals surface area contributed by atoms with E-state index in [4.69, 9.17) is 0 Å². The van der Waals surface area contributed by atoms with E-state index in [0.717, 1.165) is 43.0 Å². The number of imidazole rings is 1. The Bertz CT molecular complexity index is 860. The fourth-order valence-electron chi connectivity index (χ4n) is 3.20. The predicted octanol–water partition coefficient (Wildman–Crippen LogP) is 1.20. The summed E-state index contributed by atoms with van der Waals surface area (Å²) in [7, 11) is 0. The van der Waals surface area contributed by atoms with E-state index < -0.39 is 0 Å². The van der Waals surface area contributed by atoms with Crippen molar-refractivity contribution in [1.82, 2.24) is 30.0 Å². The molecule has 3 aromatic rings. The van der Waals surface area contributed by atoms with E-state index in [2.05, 4.69) is 31.3 Å². The molecule has 0 atom stereocenters. The summed E-state index contributed by atoms with van der Waals surface area (Å²) in [5.74, 6) is 0.839. The quantitative estimate of drug-likeness (QED) is 0.725. The van der Waals surface area contributed by atoms with Gasteiger partial charge >= 0.3 is 0 Å². The van der Waals surface area contributed by atoms with Crippen LogP contribution in [0.4, 0.5) is 0 Å². The third kappa shape index (κ3) is 3.67. The molecule has 0 bridgehead atoms. The van der Waals surface area contributed by atoms with Gasteiger partial charge in [0.25, 0.3) is 5.91 Å². The smallest absolute Gasteiger partial charge is 0.271 e. The SMILES string of the molecule is O=C(NCc1ccccc1Cn1cccn1)c1cn2c(n1)CCNCC2. The van der Waals surface area contributed by atoms with Gasteiger partial charge in [-0.3, -0.25) is 9.48 Å². The molecule has 134 valence electrons. The molecule has 0 saturated carbocycles. The van der Waals surface area contributed by atoms with Gasteiger partial charge in [0.15, 0.2) is 0 Å². The van der Waals surface area contributed by atoms with Crippen LogP contribution in [-0.2, 0) is 26.1 Å². The molecular weight excluding hydrogens is 328 g/mol. The van der Waals surface area contributed by atoms with Crippen LogP contribution in [0, 0.1) is 0 Å². The Morgan fingerprint density at radius 1 is 1.19 bits per heavy atom. The normalized spacial score (nSPS) is 13.8. The second kappa shape index (κ2) is 7.53. The number of carbonyl (C=O) groups is 1. The summed E-state index contributed by atoms with van der Waals surface area (Å²) in [5, 5.41) is 10.6. The lowest BCUT2D eigenvalue weighted by atomic mass is 10.1. The second-order valence-corrected chi connectivity index (χ2v) is 6.39. The van der Waals surface area contributed by atoms with Gasteiger partial charge in [-0.25, -0.2) is 4.98 Å². The van der Waals surface area contributed by atoms with E-state index in [1.54, 1.807) is 6.20 Å². The zero-order chi connectivity index (χ0) is 17.8. The minimum atomic E-state index is -0.132. The maximum Gasteiger partial charge on any atom is 0.271 e. The average Bonchev–Trinajstić information content (AvgIpc) is 3.26. The maximum atomic E-state index is 12.5. The molecule has 7 nitrogen and oxygen atoms in total. The van der Waals surface area contributed by atoms with E-state index in [-0.39, 0.29) is 5.91 Å². The van der Waals surface area contributed by atoms with Crippen molar-refractivity contribution in [1.29, 1.82) is 0 Å². The molecule has 2 aromatic heterocycles. The summed E-state index contributed by atoms with van der Waals surface area (Å²) < 4.78 is 3.95. The fourth-order valence-corrected chi connectivity index (χ4v) is 3.20. The highest BCUT2D eigenvalue weighted by atomic mass is 16.1. The van der Waals surface area contributed by atoms with E-state index >= 15 is 0 Å². The molecule has 1 amide bonds. The van der Waals surface area contributed by atoms with E-state index in [0.29, 0.717) is 18.8 Å². The molecule has 1 aliphatic rings. The van der Waals surface area contributed by atoms with Crippen molar-refractivity contribution in [2.45, 2.75) is 26.1 Å². The standard InChI is InChI=1S/C19H22N6O/c26-19(17-14-24-11-9-20-8-6-18(24)23-17)21-12-15-4-1-2-5-16(15)13-25-10-3-7-22-25/h1-5,7,10,14,20H,6,8-9,11-13H2,(H,21,26). The Morgan fingerprint density at radius 3 is 2.92 bits per heavy atom. The van der Waals surface area contributed by atoms with Crippen LogP contribution in [0.1, 0.15) is 27.4 Å². The summed E-state index contributed by atoms with van der Waals surface area (Å²) in [5.41, 5.74) is 2.72. The molecule has 2 N–H and O–H groups in total. The number of nitrogens with zero attached hydrogens (tertiary/aromatic N) is 4. The highest BCUT2D eigenvalue weighted by Crippen LogP contribution is 2.11. The van der Waals surface area contributed by atoms with Crippen molar-refractivity contribution in [3.05, 3.63) is 71.6 Å². The molecule has 3 heterocycles. The Morgan fingerprint density at radius 2 is 2.08 bits per heavy atom. The summed E-state index contributed by atoms with van der Waals surface area (Å²) in [6.07, 6.45) is 6.40. The number of carbonyl (C=O) groups excluding carboxylic acids is 1. The summed E-state index contributed by atoms with van der Waals surface area (Å²) in [4.78, 5) is 17.0. The topological polar surface area (TPSA) is 76.8 Å². The van der Waals surface area contributed by atoms with Crippen LogP contribution in [0.2, 0.25) is 0 Å². The lowest BCUT2D eigenvalue weighted by Gasteiger charge is -2.10. The number of rotatable bonds is 5. The van der Waals surface area contributed by atoms with Gasteiger partial charge < -0.3 is 15.2 Å². The summed E-state index contributed by atoms with van der Waals surface area (Å²) >= 11 is 0. The molecule has 0 aliphatic carbocycles. The first kappa shape index (κ1) is 16.5. The van der Waals surface area contributed by atoms with Gasteiger partial charge in [-0.15, -0.1) is 0 Å². The van der Waals surface area contributed by atoms with Crippen molar-refractivity contribution >= 4 is 5.91 Å². The highest BCUT2D eigenvalue weighted by Gasteiger charge is 2.16. The van der Waals surface area contributed by atoms with Crippen LogP contribution in [0.25, 0.3) is 0 Å². The Hall–Kier alpha value is -2.93. The van der Waals surface area contributed by atoms with Crippen molar-refractivity contribution in [2.24, 2.45) is 0 Å². The first-order valence-corrected chi connectivity index (χ1v) is 8.89. The largest absolute Gasteiger partial charge is 0.347 e. The molecule has 7 heteroatoms. The Kier molecular flexibility index (Phi) is 4.79. The minimum Gasteiger partial charge on any atom is -0.347 e. The lowest BCUT2D eigenvalue weighted by molar-refractivity contribution is 0.0946. The van der Waals surface area contributed by atoms with Crippen LogP contribution < -0.4 is 10.6 Å². The Labute approximate surface area is 152 Å². The fraction of sp³-hybridized carbons (Fsp3) is 0.316. The van der Waals surface area contributed by atoms with E-state index in [1.807, 2.05) is 41.3 Å². The van der Waals surface area contributed by atoms with Gasteiger partial charge in [0, 0.05) is 51.2 Å². The lowest BCUT2D eigenvalue weighted by Crippen LogP contribution is -2.24. The number of fused-ring (bicyclic) bond motifs is 1. The van der Waals surface area contributed by atoms with Gasteiger partial charge in [-0.05, 0) is 17.2 Å². The molecule has 0 radical (unpaired) electrons. The monoisotopic (exact) mass is 350 g/mol. The number of hydrogen-bond donors (Lipinski definition) is 2. The van der Waals surface area contributed by atoms with Crippen molar-refractivity contribution in [3.8, 4) is 0 Å². The van der Waals surface area contributed by atoms with Crippen LogP contribution >= 0.6 is 0 Å². The zero-order valence-corrected chi connectivity index (χ0v) is 14.6. The molecule has 0 saturated heterocycles. The minimum absolute atomic E-state index is 0.132. The number of nitrogens with one attached hydrogen (secondary N) is 2. The van der Waals surface area contributed by atoms with Gasteiger partial charge in [-0.1, -0.05) is 24.3 Å². The van der Waals surface area contributed by atoms with Crippen molar-refractivity contribution < 1.29 is 4.79 Å². The molecule has 26 heavy (non-hydrogen) atoms. The number of amides is 1. The molecular formula is C19H22N6O. The van der Waals surface area contributed by atoms with Crippen LogP contribution in [0.5, 0.6) is 0 Å². The van der Waals surface area contributed by atoms with E-state index in [9.17, 15) is 4.79 Å². The second-order valence-electron chi connectivity index (χ2n) is 6.39. The van der Waals surface area contributed by atoms with Crippen LogP contribution in [0.15, 0.2) is 48.9 Å². The summed E-state index contributed by atoms with van der Waals surface area (Å²) in [6, 6.07) is 10.00. The maximum absolute atomic E-state index is 12.5. The first-order valence-electron chi connectivity index (χ1n) is 8.89. The third-order valence-electron chi connectivity index (χ3n) is 4.60. The third-order valence-corrected chi connectivity index (χ3v) is 4.60. The molecule has 0 fully saturated rings. The first-order chi connectivity index (χ1) is 12.8. The molecule has 0 spiro atoms. The summed E-state index contributed by atoms with van der Waals surface area (Å²) in [6.45, 7) is 3.82. The number of aromatic nitrogens is 4. The van der Waals surface area contributed by atoms with Gasteiger partial charge in [0.2, 0.25) is 0 Å².